The van der Waals surface area contributed by atoms with E-state index < -0.39 is 24.7 Å². The number of hydrogen-bond donors (Lipinski definition) is 2. The van der Waals surface area contributed by atoms with Gasteiger partial charge in [-0.05, 0) is 12.8 Å². The molecule has 2 N–H and O–H groups in total. The van der Waals surface area contributed by atoms with Crippen molar-refractivity contribution in [2.24, 2.45) is 0 Å². The van der Waals surface area contributed by atoms with Crippen molar-refractivity contribution >= 4 is 0 Å². The average molecular weight is 197 g/mol. The van der Waals surface area contributed by atoms with Gasteiger partial charge in [0.1, 0.15) is 6.67 Å². The molecule has 0 radical (unpaired) electrons. The second-order valence-corrected chi connectivity index (χ2v) is 3.42. The molecule has 78 valence electrons. The van der Waals surface area contributed by atoms with Gasteiger partial charge in [-0.3, -0.25) is 0 Å². The molecule has 2 unspecified atom stereocenters. The smallest absolute Gasteiger partial charge is 0.263 e. The highest BCUT2D eigenvalue weighted by atomic mass is 19.3. The van der Waals surface area contributed by atoms with Crippen LogP contribution in [0.15, 0.2) is 0 Å². The van der Waals surface area contributed by atoms with Gasteiger partial charge in [0.05, 0.1) is 12.1 Å². The Kier molecular flexibility index (Phi) is 3.55. The first-order valence-corrected chi connectivity index (χ1v) is 4.41. The Morgan fingerprint density at radius 3 is 2.69 bits per heavy atom. The monoisotopic (exact) mass is 197 g/mol. The number of halogens is 3. The first-order valence-electron chi connectivity index (χ1n) is 4.41. The maximum absolute atomic E-state index is 12.9. The van der Waals surface area contributed by atoms with Crippen molar-refractivity contribution in [3.63, 3.8) is 0 Å². The lowest BCUT2D eigenvalue weighted by Gasteiger charge is -2.21. The van der Waals surface area contributed by atoms with Crippen LogP contribution in [-0.2, 0) is 0 Å². The van der Waals surface area contributed by atoms with Gasteiger partial charge >= 0.3 is 0 Å². The zero-order valence-corrected chi connectivity index (χ0v) is 7.27. The van der Waals surface area contributed by atoms with Crippen LogP contribution in [0.25, 0.3) is 0 Å². The van der Waals surface area contributed by atoms with Gasteiger partial charge in [-0.2, -0.15) is 0 Å². The maximum Gasteiger partial charge on any atom is 0.263 e. The molecule has 2 nitrogen and oxygen atoms in total. The molecule has 1 aliphatic rings. The Bertz CT molecular complexity index is 165. The SMILES string of the molecule is OC(CF)CNC1CCCC1(F)F. The number of alkyl halides is 3. The Balaban J connectivity index is 2.28. The number of rotatable bonds is 4. The Labute approximate surface area is 75.1 Å². The van der Waals surface area contributed by atoms with Crippen molar-refractivity contribution in [3.8, 4) is 0 Å². The lowest BCUT2D eigenvalue weighted by Crippen LogP contribution is -2.44. The highest BCUT2D eigenvalue weighted by Gasteiger charge is 2.43. The number of nitrogens with one attached hydrogen (secondary N) is 1. The largest absolute Gasteiger partial charge is 0.389 e. The van der Waals surface area contributed by atoms with Crippen molar-refractivity contribution in [1.82, 2.24) is 5.32 Å². The van der Waals surface area contributed by atoms with Gasteiger partial charge in [0.15, 0.2) is 0 Å². The molecule has 1 fully saturated rings. The zero-order valence-electron chi connectivity index (χ0n) is 7.27. The van der Waals surface area contributed by atoms with Crippen LogP contribution in [0.1, 0.15) is 19.3 Å². The molecule has 1 rings (SSSR count). The van der Waals surface area contributed by atoms with Gasteiger partial charge in [0.2, 0.25) is 0 Å². The molecule has 0 aromatic heterocycles. The molecular weight excluding hydrogens is 183 g/mol. The van der Waals surface area contributed by atoms with E-state index in [2.05, 4.69) is 5.32 Å². The summed E-state index contributed by atoms with van der Waals surface area (Å²) in [5, 5.41) is 11.3. The third-order valence-corrected chi connectivity index (χ3v) is 2.29. The Hall–Kier alpha value is -0.290. The van der Waals surface area contributed by atoms with E-state index >= 15 is 0 Å². The summed E-state index contributed by atoms with van der Waals surface area (Å²) < 4.78 is 37.6. The minimum absolute atomic E-state index is 0.100. The number of aliphatic hydroxyl groups is 1. The third kappa shape index (κ3) is 2.84. The van der Waals surface area contributed by atoms with Crippen molar-refractivity contribution in [3.05, 3.63) is 0 Å². The summed E-state index contributed by atoms with van der Waals surface area (Å²) in [6.07, 6.45) is -0.407. The normalized spacial score (nSPS) is 29.1. The van der Waals surface area contributed by atoms with Crippen LogP contribution >= 0.6 is 0 Å². The summed E-state index contributed by atoms with van der Waals surface area (Å²) in [6.45, 7) is -0.998. The van der Waals surface area contributed by atoms with Gasteiger partial charge in [-0.1, -0.05) is 0 Å². The second-order valence-electron chi connectivity index (χ2n) is 3.42. The van der Waals surface area contributed by atoms with Crippen LogP contribution in [0.3, 0.4) is 0 Å². The van der Waals surface area contributed by atoms with Crippen LogP contribution < -0.4 is 5.32 Å². The predicted molar refractivity (Wildman–Crippen MR) is 42.6 cm³/mol. The molecule has 0 bridgehead atoms. The molecule has 13 heavy (non-hydrogen) atoms. The van der Waals surface area contributed by atoms with Crippen LogP contribution in [0.5, 0.6) is 0 Å². The fraction of sp³-hybridized carbons (Fsp3) is 1.00. The van der Waals surface area contributed by atoms with Crippen molar-refractivity contribution in [2.45, 2.75) is 37.3 Å². The second kappa shape index (κ2) is 4.28. The van der Waals surface area contributed by atoms with Gasteiger partial charge in [-0.15, -0.1) is 0 Å². The van der Waals surface area contributed by atoms with Gasteiger partial charge in [-0.25, -0.2) is 13.2 Å². The van der Waals surface area contributed by atoms with E-state index in [1.807, 2.05) is 0 Å². The molecule has 0 saturated heterocycles. The molecule has 1 saturated carbocycles. The molecule has 5 heteroatoms. The maximum atomic E-state index is 12.9. The molecule has 1 aliphatic carbocycles. The highest BCUT2D eigenvalue weighted by Crippen LogP contribution is 2.34. The lowest BCUT2D eigenvalue weighted by molar-refractivity contribution is -0.0212. The topological polar surface area (TPSA) is 32.3 Å². The summed E-state index contributed by atoms with van der Waals surface area (Å²) in [7, 11) is 0. The third-order valence-electron chi connectivity index (χ3n) is 2.29. The molecule has 0 spiro atoms. The van der Waals surface area contributed by atoms with E-state index in [0.717, 1.165) is 0 Å². The summed E-state index contributed by atoms with van der Waals surface area (Å²) in [5.41, 5.74) is 0. The summed E-state index contributed by atoms with van der Waals surface area (Å²) in [6, 6.07) is -0.895. The summed E-state index contributed by atoms with van der Waals surface area (Å²) in [5.74, 6) is -2.70. The summed E-state index contributed by atoms with van der Waals surface area (Å²) >= 11 is 0. The van der Waals surface area contributed by atoms with E-state index in [0.29, 0.717) is 12.8 Å². The fourth-order valence-corrected chi connectivity index (χ4v) is 1.51. The van der Waals surface area contributed by atoms with Crippen molar-refractivity contribution < 1.29 is 18.3 Å². The van der Waals surface area contributed by atoms with Crippen molar-refractivity contribution in [2.75, 3.05) is 13.2 Å². The molecule has 0 aliphatic heterocycles. The fourth-order valence-electron chi connectivity index (χ4n) is 1.51. The minimum atomic E-state index is -2.70. The molecule has 0 aromatic carbocycles. The molecule has 0 amide bonds. The van der Waals surface area contributed by atoms with Crippen molar-refractivity contribution in [1.29, 1.82) is 0 Å². The minimum Gasteiger partial charge on any atom is -0.389 e. The predicted octanol–water partition coefficient (Wildman–Crippen LogP) is 1.09. The van der Waals surface area contributed by atoms with E-state index in [1.165, 1.54) is 0 Å². The lowest BCUT2D eigenvalue weighted by atomic mass is 10.2. The molecular formula is C8H14F3NO. The van der Waals surface area contributed by atoms with E-state index in [-0.39, 0.29) is 13.0 Å². The highest BCUT2D eigenvalue weighted by molar-refractivity contribution is 4.90. The molecule has 0 heterocycles. The first-order chi connectivity index (χ1) is 6.06. The zero-order chi connectivity index (χ0) is 9.90. The Morgan fingerprint density at radius 2 is 2.23 bits per heavy atom. The van der Waals surface area contributed by atoms with Crippen LogP contribution in [0.2, 0.25) is 0 Å². The van der Waals surface area contributed by atoms with E-state index in [9.17, 15) is 13.2 Å². The number of hydrogen-bond acceptors (Lipinski definition) is 2. The standard InChI is InChI=1S/C8H14F3NO/c9-4-6(13)5-12-7-2-1-3-8(7,10)11/h6-7,12-13H,1-5H2. The van der Waals surface area contributed by atoms with Gasteiger partial charge in [0.25, 0.3) is 5.92 Å². The first kappa shape index (κ1) is 10.8. The Morgan fingerprint density at radius 1 is 1.54 bits per heavy atom. The van der Waals surface area contributed by atoms with Gasteiger partial charge < -0.3 is 10.4 Å². The van der Waals surface area contributed by atoms with E-state index in [1.54, 1.807) is 0 Å². The molecule has 0 aromatic rings. The van der Waals surface area contributed by atoms with Gasteiger partial charge in [0, 0.05) is 13.0 Å². The average Bonchev–Trinajstić information content (AvgIpc) is 2.41. The number of aliphatic hydroxyl groups excluding tert-OH is 1. The molecule has 2 atom stereocenters. The van der Waals surface area contributed by atoms with Crippen LogP contribution in [0.4, 0.5) is 13.2 Å². The van der Waals surface area contributed by atoms with Crippen LogP contribution in [0, 0.1) is 0 Å². The van der Waals surface area contributed by atoms with Crippen LogP contribution in [-0.4, -0.2) is 36.4 Å². The summed E-state index contributed by atoms with van der Waals surface area (Å²) in [4.78, 5) is 0. The quantitative estimate of drug-likeness (QED) is 0.707. The van der Waals surface area contributed by atoms with E-state index in [4.69, 9.17) is 5.11 Å².